The van der Waals surface area contributed by atoms with E-state index in [0.29, 0.717) is 11.5 Å². The van der Waals surface area contributed by atoms with E-state index in [2.05, 4.69) is 10.2 Å². The molecule has 0 unspecified atom stereocenters. The summed E-state index contributed by atoms with van der Waals surface area (Å²) in [5.41, 5.74) is 0.686. The van der Waals surface area contributed by atoms with Gasteiger partial charge >= 0.3 is 0 Å². The molecule has 0 aromatic heterocycles. The molecule has 1 atom stereocenters. The zero-order valence-corrected chi connectivity index (χ0v) is 15.6. The van der Waals surface area contributed by atoms with Crippen molar-refractivity contribution in [2.24, 2.45) is 5.92 Å². The quantitative estimate of drug-likeness (QED) is 0.838. The maximum atomic E-state index is 14.0. The second-order valence-corrected chi connectivity index (χ2v) is 6.32. The molecule has 1 aliphatic carbocycles. The topological polar surface area (TPSA) is 44.7 Å². The number of nitrogens with one attached hydrogen (secondary N) is 1. The van der Waals surface area contributed by atoms with Crippen molar-refractivity contribution in [3.05, 3.63) is 23.5 Å². The van der Waals surface area contributed by atoms with Crippen LogP contribution in [-0.4, -0.2) is 43.3 Å². The zero-order valence-electron chi connectivity index (χ0n) is 14.0. The second-order valence-electron chi connectivity index (χ2n) is 6.32. The summed E-state index contributed by atoms with van der Waals surface area (Å²) in [7, 11) is 1.47. The molecular formula is C17H27Cl2FN2O2. The SMILES string of the molecule is COc1cc(F)cc([C@H](C2CCCC2)N2CCNCC2)c1O.Cl.Cl. The molecule has 2 fully saturated rings. The van der Waals surface area contributed by atoms with Crippen LogP contribution in [-0.2, 0) is 0 Å². The molecule has 138 valence electrons. The number of aromatic hydroxyl groups is 1. The van der Waals surface area contributed by atoms with Gasteiger partial charge in [-0.15, -0.1) is 24.8 Å². The number of piperazine rings is 1. The molecule has 0 bridgehead atoms. The largest absolute Gasteiger partial charge is 0.504 e. The van der Waals surface area contributed by atoms with Gasteiger partial charge in [0.1, 0.15) is 5.82 Å². The molecule has 7 heteroatoms. The summed E-state index contributed by atoms with van der Waals surface area (Å²) in [6, 6.07) is 2.82. The summed E-state index contributed by atoms with van der Waals surface area (Å²) in [5, 5.41) is 13.9. The molecule has 1 heterocycles. The first kappa shape index (κ1) is 21.3. The smallest absolute Gasteiger partial charge is 0.163 e. The lowest BCUT2D eigenvalue weighted by atomic mass is 9.89. The Bertz CT molecular complexity index is 522. The number of rotatable bonds is 4. The summed E-state index contributed by atoms with van der Waals surface area (Å²) >= 11 is 0. The number of hydrogen-bond donors (Lipinski definition) is 2. The van der Waals surface area contributed by atoms with Crippen LogP contribution in [0.2, 0.25) is 0 Å². The van der Waals surface area contributed by atoms with E-state index in [0.717, 1.165) is 39.0 Å². The van der Waals surface area contributed by atoms with Gasteiger partial charge in [-0.05, 0) is 24.8 Å². The van der Waals surface area contributed by atoms with E-state index < -0.39 is 0 Å². The molecule has 4 nitrogen and oxygen atoms in total. The van der Waals surface area contributed by atoms with Crippen molar-refractivity contribution in [2.75, 3.05) is 33.3 Å². The molecular weight excluding hydrogens is 354 g/mol. The number of ether oxygens (including phenoxy) is 1. The average Bonchev–Trinajstić information content (AvgIpc) is 3.05. The average molecular weight is 381 g/mol. The maximum absolute atomic E-state index is 14.0. The Morgan fingerprint density at radius 2 is 1.83 bits per heavy atom. The molecule has 1 aromatic carbocycles. The second kappa shape index (κ2) is 9.66. The van der Waals surface area contributed by atoms with E-state index in [4.69, 9.17) is 4.74 Å². The van der Waals surface area contributed by atoms with Gasteiger partial charge in [-0.2, -0.15) is 0 Å². The van der Waals surface area contributed by atoms with Gasteiger partial charge in [-0.25, -0.2) is 4.39 Å². The molecule has 2 N–H and O–H groups in total. The van der Waals surface area contributed by atoms with Crippen LogP contribution in [0.15, 0.2) is 12.1 Å². The third kappa shape index (κ3) is 4.45. The highest BCUT2D eigenvalue weighted by atomic mass is 35.5. The fourth-order valence-corrected chi connectivity index (χ4v) is 3.96. The molecule has 0 amide bonds. The van der Waals surface area contributed by atoms with Gasteiger partial charge < -0.3 is 15.2 Å². The molecule has 1 saturated carbocycles. The lowest BCUT2D eigenvalue weighted by Gasteiger charge is -2.39. The van der Waals surface area contributed by atoms with E-state index in [1.807, 2.05) is 0 Å². The molecule has 3 rings (SSSR count). The Kier molecular flexibility index (Phi) is 8.57. The van der Waals surface area contributed by atoms with Crippen LogP contribution < -0.4 is 10.1 Å². The van der Waals surface area contributed by atoms with Crippen molar-refractivity contribution in [2.45, 2.75) is 31.7 Å². The number of phenolic OH excluding ortho intramolecular Hbond substituents is 1. The molecule has 0 radical (unpaired) electrons. The Balaban J connectivity index is 0.00000144. The van der Waals surface area contributed by atoms with Gasteiger partial charge in [0.2, 0.25) is 0 Å². The van der Waals surface area contributed by atoms with Crippen LogP contribution in [0.1, 0.15) is 37.3 Å². The summed E-state index contributed by atoms with van der Waals surface area (Å²) in [6.07, 6.45) is 4.74. The maximum Gasteiger partial charge on any atom is 0.163 e. The number of hydrogen-bond acceptors (Lipinski definition) is 4. The third-order valence-electron chi connectivity index (χ3n) is 5.00. The molecule has 24 heavy (non-hydrogen) atoms. The van der Waals surface area contributed by atoms with Gasteiger partial charge in [-0.1, -0.05) is 12.8 Å². The van der Waals surface area contributed by atoms with E-state index in [9.17, 15) is 9.50 Å². The van der Waals surface area contributed by atoms with E-state index in [-0.39, 0.29) is 48.2 Å². The number of benzene rings is 1. The Morgan fingerprint density at radius 1 is 1.21 bits per heavy atom. The van der Waals surface area contributed by atoms with Gasteiger partial charge in [0, 0.05) is 43.9 Å². The Hall–Kier alpha value is -0.750. The van der Waals surface area contributed by atoms with E-state index >= 15 is 0 Å². The van der Waals surface area contributed by atoms with Crippen molar-refractivity contribution < 1.29 is 14.2 Å². The molecule has 2 aliphatic rings. The van der Waals surface area contributed by atoms with Crippen LogP contribution in [0.3, 0.4) is 0 Å². The highest BCUT2D eigenvalue weighted by molar-refractivity contribution is 5.85. The van der Waals surface area contributed by atoms with Crippen molar-refractivity contribution in [1.82, 2.24) is 10.2 Å². The van der Waals surface area contributed by atoms with Gasteiger partial charge in [0.05, 0.1) is 7.11 Å². The molecule has 0 spiro atoms. The van der Waals surface area contributed by atoms with Crippen molar-refractivity contribution in [3.8, 4) is 11.5 Å². The number of nitrogens with zero attached hydrogens (tertiary/aromatic N) is 1. The number of phenols is 1. The number of methoxy groups -OCH3 is 1. The van der Waals surface area contributed by atoms with Crippen LogP contribution in [0.5, 0.6) is 11.5 Å². The Morgan fingerprint density at radius 3 is 2.42 bits per heavy atom. The van der Waals surface area contributed by atoms with Crippen LogP contribution >= 0.6 is 24.8 Å². The Labute approximate surface area is 155 Å². The van der Waals surface area contributed by atoms with Gasteiger partial charge in [0.15, 0.2) is 11.5 Å². The third-order valence-corrected chi connectivity index (χ3v) is 5.00. The zero-order chi connectivity index (χ0) is 15.5. The minimum atomic E-state index is -0.345. The first-order valence-electron chi connectivity index (χ1n) is 8.22. The highest BCUT2D eigenvalue weighted by Gasteiger charge is 2.34. The first-order chi connectivity index (χ1) is 10.7. The van der Waals surface area contributed by atoms with Crippen LogP contribution in [0.4, 0.5) is 4.39 Å². The van der Waals surface area contributed by atoms with Crippen molar-refractivity contribution >= 4 is 24.8 Å². The summed E-state index contributed by atoms with van der Waals surface area (Å²) < 4.78 is 19.1. The fraction of sp³-hybridized carbons (Fsp3) is 0.647. The minimum absolute atomic E-state index is 0. The highest BCUT2D eigenvalue weighted by Crippen LogP contribution is 2.45. The number of halogens is 3. The standard InChI is InChI=1S/C17H25FN2O2.2ClH/c1-22-15-11-13(18)10-14(17(15)21)16(12-4-2-3-5-12)20-8-6-19-7-9-20;;/h10-12,16,19,21H,2-9H2,1H3;2*1H/t16-;;/m0../s1. The minimum Gasteiger partial charge on any atom is -0.504 e. The first-order valence-corrected chi connectivity index (χ1v) is 8.22. The van der Waals surface area contributed by atoms with Crippen molar-refractivity contribution in [1.29, 1.82) is 0 Å². The van der Waals surface area contributed by atoms with Gasteiger partial charge in [0.25, 0.3) is 0 Å². The monoisotopic (exact) mass is 380 g/mol. The molecule has 1 aliphatic heterocycles. The normalized spacial score (nSPS) is 20.1. The fourth-order valence-electron chi connectivity index (χ4n) is 3.96. The van der Waals surface area contributed by atoms with E-state index in [1.165, 1.54) is 32.1 Å². The predicted octanol–water partition coefficient (Wildman–Crippen LogP) is 3.52. The summed E-state index contributed by atoms with van der Waals surface area (Å²) in [5.74, 6) is 0.464. The van der Waals surface area contributed by atoms with Crippen molar-refractivity contribution in [3.63, 3.8) is 0 Å². The van der Waals surface area contributed by atoms with E-state index in [1.54, 1.807) is 0 Å². The lowest BCUT2D eigenvalue weighted by Crippen LogP contribution is -2.46. The summed E-state index contributed by atoms with van der Waals surface area (Å²) in [6.45, 7) is 3.74. The lowest BCUT2D eigenvalue weighted by molar-refractivity contribution is 0.122. The van der Waals surface area contributed by atoms with Gasteiger partial charge in [-0.3, -0.25) is 4.90 Å². The summed E-state index contributed by atoms with van der Waals surface area (Å²) in [4.78, 5) is 2.39. The molecule has 1 aromatic rings. The van der Waals surface area contributed by atoms with Crippen LogP contribution in [0.25, 0.3) is 0 Å². The molecule has 1 saturated heterocycles. The van der Waals surface area contributed by atoms with Crippen LogP contribution in [0, 0.1) is 11.7 Å². The predicted molar refractivity (Wildman–Crippen MR) is 98.3 cm³/mol.